The average molecular weight is 492 g/mol. The number of aryl methyl sites for hydroxylation is 2. The van der Waals surface area contributed by atoms with Crippen LogP contribution in [-0.4, -0.2) is 47.4 Å². The molecule has 3 aromatic rings. The van der Waals surface area contributed by atoms with Crippen LogP contribution in [0.2, 0.25) is 0 Å². The molecule has 0 spiro atoms. The van der Waals surface area contributed by atoms with Crippen LogP contribution < -0.4 is 9.64 Å². The number of aliphatic hydroxyl groups excluding tert-OH is 1. The molecule has 8 heteroatoms. The number of benzene rings is 2. The number of aliphatic hydroxyl groups is 1. The van der Waals surface area contributed by atoms with E-state index in [0.29, 0.717) is 22.9 Å². The van der Waals surface area contributed by atoms with Gasteiger partial charge in [0.15, 0.2) is 5.76 Å². The lowest BCUT2D eigenvalue weighted by Crippen LogP contribution is -2.30. The van der Waals surface area contributed by atoms with Crippen molar-refractivity contribution in [1.29, 1.82) is 0 Å². The number of rotatable bonds is 8. The molecule has 2 heterocycles. The van der Waals surface area contributed by atoms with Crippen molar-refractivity contribution >= 4 is 28.7 Å². The van der Waals surface area contributed by atoms with Gasteiger partial charge in [-0.3, -0.25) is 9.59 Å². The third-order valence-corrected chi connectivity index (χ3v) is 7.02. The van der Waals surface area contributed by atoms with E-state index < -0.39 is 17.7 Å². The maximum absolute atomic E-state index is 13.7. The summed E-state index contributed by atoms with van der Waals surface area (Å²) in [5.41, 5.74) is 3.25. The van der Waals surface area contributed by atoms with Crippen LogP contribution in [0, 0.1) is 13.8 Å². The Morgan fingerprint density at radius 3 is 2.49 bits per heavy atom. The molecular formula is C27H29N3O4S. The van der Waals surface area contributed by atoms with Gasteiger partial charge in [-0.1, -0.05) is 24.3 Å². The summed E-state index contributed by atoms with van der Waals surface area (Å²) in [6.07, 6.45) is 0. The number of amides is 1. The van der Waals surface area contributed by atoms with E-state index in [2.05, 4.69) is 4.98 Å². The minimum atomic E-state index is -0.733. The van der Waals surface area contributed by atoms with E-state index in [1.165, 1.54) is 11.3 Å². The third-order valence-electron chi connectivity index (χ3n) is 5.95. The highest BCUT2D eigenvalue weighted by molar-refractivity contribution is 7.14. The van der Waals surface area contributed by atoms with E-state index in [9.17, 15) is 14.7 Å². The Morgan fingerprint density at radius 1 is 1.17 bits per heavy atom. The zero-order chi connectivity index (χ0) is 25.3. The number of Topliss-reactive ketones (excluding diaryl/α,β-unsaturated/α-hetero) is 1. The second-order valence-electron chi connectivity index (χ2n) is 8.64. The molecule has 0 saturated carbocycles. The van der Waals surface area contributed by atoms with Gasteiger partial charge < -0.3 is 19.6 Å². The summed E-state index contributed by atoms with van der Waals surface area (Å²) < 4.78 is 5.61. The normalized spacial score (nSPS) is 15.6. The lowest BCUT2D eigenvalue weighted by molar-refractivity contribution is -0.130. The molecule has 2 aromatic carbocycles. The van der Waals surface area contributed by atoms with Gasteiger partial charge in [-0.05, 0) is 56.2 Å². The first-order valence-corrected chi connectivity index (χ1v) is 12.2. The Morgan fingerprint density at radius 2 is 1.89 bits per heavy atom. The number of nitrogens with zero attached hydrogens (tertiary/aromatic N) is 3. The summed E-state index contributed by atoms with van der Waals surface area (Å²) in [7, 11) is 3.89. The van der Waals surface area contributed by atoms with Crippen molar-refractivity contribution in [2.75, 3.05) is 25.6 Å². The number of hydrogen-bond acceptors (Lipinski definition) is 7. The summed E-state index contributed by atoms with van der Waals surface area (Å²) in [5.74, 6) is -0.752. The number of thiazole rings is 1. The predicted molar refractivity (Wildman–Crippen MR) is 137 cm³/mol. The number of carbonyl (C=O) groups excluding carboxylic acids is 2. The van der Waals surface area contributed by atoms with Crippen molar-refractivity contribution in [2.24, 2.45) is 0 Å². The summed E-state index contributed by atoms with van der Waals surface area (Å²) in [4.78, 5) is 35.3. The molecule has 1 aromatic heterocycles. The highest BCUT2D eigenvalue weighted by Gasteiger charge is 2.44. The lowest BCUT2D eigenvalue weighted by Gasteiger charge is -2.27. The SMILES string of the molecule is CCOc1cccc(CN2C(=O)C(O)=C(C(=O)c3sc(C)nc3C)C2c2ccc(N(C)C)cc2)c1. The standard InChI is InChI=1S/C27H29N3O4S/c1-6-34-21-9-7-8-18(14-21)15-30-23(19-10-12-20(13-11-19)29(4)5)22(25(32)27(30)33)24(31)26-16(2)28-17(3)35-26/h7-14,23,32H,6,15H2,1-5H3. The van der Waals surface area contributed by atoms with Crippen LogP contribution in [0.1, 0.15) is 44.5 Å². The van der Waals surface area contributed by atoms with Crippen LogP contribution in [0.4, 0.5) is 5.69 Å². The van der Waals surface area contributed by atoms with E-state index in [-0.39, 0.29) is 17.9 Å². The quantitative estimate of drug-likeness (QED) is 0.447. The van der Waals surface area contributed by atoms with E-state index in [0.717, 1.165) is 21.8 Å². The minimum absolute atomic E-state index is 0.0836. The molecule has 1 N–H and O–H groups in total. The molecule has 4 rings (SSSR count). The molecule has 1 aliphatic rings. The topological polar surface area (TPSA) is 83.0 Å². The number of ketones is 1. The van der Waals surface area contributed by atoms with Gasteiger partial charge in [-0.15, -0.1) is 11.3 Å². The first kappa shape index (κ1) is 24.5. The third kappa shape index (κ3) is 4.79. The molecule has 182 valence electrons. The van der Waals surface area contributed by atoms with Gasteiger partial charge in [0, 0.05) is 26.3 Å². The Balaban J connectivity index is 1.78. The van der Waals surface area contributed by atoms with Gasteiger partial charge in [-0.2, -0.15) is 0 Å². The average Bonchev–Trinajstić information content (AvgIpc) is 3.29. The van der Waals surface area contributed by atoms with Crippen molar-refractivity contribution in [3.63, 3.8) is 0 Å². The van der Waals surface area contributed by atoms with E-state index >= 15 is 0 Å². The Bertz CT molecular complexity index is 1290. The number of anilines is 1. The summed E-state index contributed by atoms with van der Waals surface area (Å²) in [5, 5.41) is 11.7. The number of carbonyl (C=O) groups is 2. The van der Waals surface area contributed by atoms with Crippen molar-refractivity contribution in [1.82, 2.24) is 9.88 Å². The molecule has 0 saturated heterocycles. The largest absolute Gasteiger partial charge is 0.503 e. The molecular weight excluding hydrogens is 462 g/mol. The fraction of sp³-hybridized carbons (Fsp3) is 0.296. The summed E-state index contributed by atoms with van der Waals surface area (Å²) >= 11 is 1.27. The first-order valence-electron chi connectivity index (χ1n) is 11.4. The van der Waals surface area contributed by atoms with Gasteiger partial charge in [-0.25, -0.2) is 4.98 Å². The summed E-state index contributed by atoms with van der Waals surface area (Å²) in [6, 6.07) is 14.4. The van der Waals surface area contributed by atoms with Crippen LogP contribution in [0.25, 0.3) is 0 Å². The van der Waals surface area contributed by atoms with Gasteiger partial charge >= 0.3 is 0 Å². The molecule has 0 fully saturated rings. The van der Waals surface area contributed by atoms with Gasteiger partial charge in [0.1, 0.15) is 5.75 Å². The Kier molecular flexibility index (Phi) is 6.93. The molecule has 0 radical (unpaired) electrons. The molecule has 0 aliphatic carbocycles. The van der Waals surface area contributed by atoms with E-state index in [4.69, 9.17) is 4.74 Å². The monoisotopic (exact) mass is 491 g/mol. The second kappa shape index (κ2) is 9.92. The molecule has 35 heavy (non-hydrogen) atoms. The number of ether oxygens (including phenoxy) is 1. The van der Waals surface area contributed by atoms with Gasteiger partial charge in [0.05, 0.1) is 33.8 Å². The zero-order valence-corrected chi connectivity index (χ0v) is 21.3. The van der Waals surface area contributed by atoms with Crippen molar-refractivity contribution < 1.29 is 19.4 Å². The maximum Gasteiger partial charge on any atom is 0.290 e. The summed E-state index contributed by atoms with van der Waals surface area (Å²) in [6.45, 7) is 6.25. The second-order valence-corrected chi connectivity index (χ2v) is 9.84. The van der Waals surface area contributed by atoms with Crippen LogP contribution in [0.3, 0.4) is 0 Å². The van der Waals surface area contributed by atoms with E-state index in [1.807, 2.05) is 81.4 Å². The predicted octanol–water partition coefficient (Wildman–Crippen LogP) is 5.00. The van der Waals surface area contributed by atoms with Crippen molar-refractivity contribution in [3.8, 4) is 5.75 Å². The smallest absolute Gasteiger partial charge is 0.290 e. The number of hydrogen-bond donors (Lipinski definition) is 1. The highest BCUT2D eigenvalue weighted by Crippen LogP contribution is 2.41. The van der Waals surface area contributed by atoms with Gasteiger partial charge in [0.2, 0.25) is 5.78 Å². The lowest BCUT2D eigenvalue weighted by atomic mass is 9.94. The Labute approximate surface area is 209 Å². The van der Waals surface area contributed by atoms with Crippen molar-refractivity contribution in [3.05, 3.63) is 86.6 Å². The van der Waals surface area contributed by atoms with Crippen LogP contribution in [0.5, 0.6) is 5.75 Å². The molecule has 1 amide bonds. The maximum atomic E-state index is 13.7. The molecule has 7 nitrogen and oxygen atoms in total. The Hall–Kier alpha value is -3.65. The molecule has 1 unspecified atom stereocenters. The highest BCUT2D eigenvalue weighted by atomic mass is 32.1. The van der Waals surface area contributed by atoms with Crippen LogP contribution in [0.15, 0.2) is 59.9 Å². The van der Waals surface area contributed by atoms with E-state index in [1.54, 1.807) is 11.8 Å². The van der Waals surface area contributed by atoms with Crippen LogP contribution >= 0.6 is 11.3 Å². The first-order chi connectivity index (χ1) is 16.7. The fourth-order valence-electron chi connectivity index (χ4n) is 4.31. The molecule has 1 aliphatic heterocycles. The van der Waals surface area contributed by atoms with Gasteiger partial charge in [0.25, 0.3) is 5.91 Å². The minimum Gasteiger partial charge on any atom is -0.503 e. The van der Waals surface area contributed by atoms with Crippen molar-refractivity contribution in [2.45, 2.75) is 33.4 Å². The number of aromatic nitrogens is 1. The molecule has 0 bridgehead atoms. The van der Waals surface area contributed by atoms with Crippen LogP contribution in [-0.2, 0) is 11.3 Å². The zero-order valence-electron chi connectivity index (χ0n) is 20.5. The fourth-order valence-corrected chi connectivity index (χ4v) is 5.19. The molecule has 1 atom stereocenters.